The van der Waals surface area contributed by atoms with Gasteiger partial charge < -0.3 is 10.2 Å². The highest BCUT2D eigenvalue weighted by molar-refractivity contribution is 6.07. The molecule has 0 aliphatic carbocycles. The number of urea groups is 1. The van der Waals surface area contributed by atoms with Crippen molar-refractivity contribution < 1.29 is 14.4 Å². The number of likely N-dealkylation sites (tertiary alicyclic amines) is 1. The molecule has 0 aromatic carbocycles. The molecule has 1 aromatic rings. The molecular weight excluding hydrogens is 380 g/mol. The first-order valence-corrected chi connectivity index (χ1v) is 11.2. The summed E-state index contributed by atoms with van der Waals surface area (Å²) in [4.78, 5) is 46.2. The van der Waals surface area contributed by atoms with E-state index >= 15 is 0 Å². The van der Waals surface area contributed by atoms with Crippen LogP contribution in [0, 0.1) is 11.8 Å². The Morgan fingerprint density at radius 1 is 1.27 bits per heavy atom. The van der Waals surface area contributed by atoms with Crippen LogP contribution < -0.4 is 5.32 Å². The Balaban J connectivity index is 1.78. The summed E-state index contributed by atoms with van der Waals surface area (Å²) in [6, 6.07) is 5.16. The molecule has 1 aromatic heterocycles. The van der Waals surface area contributed by atoms with Gasteiger partial charge in [-0.1, -0.05) is 26.8 Å². The van der Waals surface area contributed by atoms with Crippen LogP contribution in [0.25, 0.3) is 0 Å². The Kier molecular flexibility index (Phi) is 7.10. The number of nitrogens with one attached hydrogen (secondary N) is 1. The fourth-order valence-corrected chi connectivity index (χ4v) is 4.60. The number of hydrogen-bond acceptors (Lipinski definition) is 4. The predicted octanol–water partition coefficient (Wildman–Crippen LogP) is 3.35. The number of amides is 4. The van der Waals surface area contributed by atoms with E-state index in [9.17, 15) is 14.4 Å². The topological polar surface area (TPSA) is 82.6 Å². The molecule has 0 bridgehead atoms. The van der Waals surface area contributed by atoms with Crippen molar-refractivity contribution in [3.8, 4) is 0 Å². The number of carbonyl (C=O) groups is 3. The summed E-state index contributed by atoms with van der Waals surface area (Å²) in [6.45, 7) is 7.75. The van der Waals surface area contributed by atoms with Crippen LogP contribution in [0.3, 0.4) is 0 Å². The Hall–Kier alpha value is -2.44. The van der Waals surface area contributed by atoms with Gasteiger partial charge in [0.2, 0.25) is 5.91 Å². The Morgan fingerprint density at radius 3 is 2.60 bits per heavy atom. The Morgan fingerprint density at radius 2 is 2.00 bits per heavy atom. The van der Waals surface area contributed by atoms with E-state index < -0.39 is 5.54 Å². The van der Waals surface area contributed by atoms with Crippen molar-refractivity contribution in [1.82, 2.24) is 20.1 Å². The van der Waals surface area contributed by atoms with Crippen LogP contribution in [0.15, 0.2) is 24.4 Å². The SMILES string of the molecule is CCCC(=O)N1CCC([C@]2(CCC(C)C)NC(=O)N(Cc3ccccn3)C2=O)CC1. The molecule has 4 amide bonds. The molecule has 7 nitrogen and oxygen atoms in total. The molecule has 2 aliphatic rings. The standard InChI is InChI=1S/C23H34N4O3/c1-4-7-20(28)26-14-10-18(11-15-26)23(12-9-17(2)3)21(29)27(22(30)25-23)16-19-8-5-6-13-24-19/h5-6,8,13,17-18H,4,7,9-12,14-16H2,1-3H3,(H,25,30)/t23-/m0/s1. The van der Waals surface area contributed by atoms with Crippen molar-refractivity contribution in [3.05, 3.63) is 30.1 Å². The second-order valence-corrected chi connectivity index (χ2v) is 8.95. The fraction of sp³-hybridized carbons (Fsp3) is 0.652. The molecule has 164 valence electrons. The lowest BCUT2D eigenvalue weighted by molar-refractivity contribution is -0.136. The average molecular weight is 415 g/mol. The number of nitrogens with zero attached hydrogens (tertiary/aromatic N) is 3. The van der Waals surface area contributed by atoms with Gasteiger partial charge in [0, 0.05) is 25.7 Å². The fourth-order valence-electron chi connectivity index (χ4n) is 4.60. The highest BCUT2D eigenvalue weighted by Crippen LogP contribution is 2.38. The third-order valence-corrected chi connectivity index (χ3v) is 6.37. The van der Waals surface area contributed by atoms with E-state index in [4.69, 9.17) is 0 Å². The van der Waals surface area contributed by atoms with E-state index in [2.05, 4.69) is 24.1 Å². The smallest absolute Gasteiger partial charge is 0.325 e. The molecule has 2 saturated heterocycles. The maximum Gasteiger partial charge on any atom is 0.325 e. The second-order valence-electron chi connectivity index (χ2n) is 8.95. The van der Waals surface area contributed by atoms with Crippen LogP contribution in [-0.4, -0.2) is 51.3 Å². The van der Waals surface area contributed by atoms with Gasteiger partial charge >= 0.3 is 6.03 Å². The van der Waals surface area contributed by atoms with E-state index in [0.29, 0.717) is 37.5 Å². The number of pyridine rings is 1. The van der Waals surface area contributed by atoms with Gasteiger partial charge in [-0.25, -0.2) is 4.79 Å². The van der Waals surface area contributed by atoms with Gasteiger partial charge in [0.15, 0.2) is 0 Å². The molecule has 0 spiro atoms. The van der Waals surface area contributed by atoms with Crippen LogP contribution in [0.5, 0.6) is 0 Å². The molecule has 1 atom stereocenters. The minimum Gasteiger partial charge on any atom is -0.343 e. The first kappa shape index (κ1) is 22.2. The molecule has 0 radical (unpaired) electrons. The summed E-state index contributed by atoms with van der Waals surface area (Å²) in [5, 5.41) is 3.09. The zero-order chi connectivity index (χ0) is 21.7. The first-order valence-electron chi connectivity index (χ1n) is 11.2. The van der Waals surface area contributed by atoms with Crippen molar-refractivity contribution in [3.63, 3.8) is 0 Å². The van der Waals surface area contributed by atoms with Gasteiger partial charge in [-0.05, 0) is 56.1 Å². The molecule has 30 heavy (non-hydrogen) atoms. The monoisotopic (exact) mass is 414 g/mol. The lowest BCUT2D eigenvalue weighted by atomic mass is 9.73. The van der Waals surface area contributed by atoms with Crippen molar-refractivity contribution in [2.45, 2.75) is 71.4 Å². The minimum atomic E-state index is -0.879. The third-order valence-electron chi connectivity index (χ3n) is 6.37. The molecule has 1 N–H and O–H groups in total. The van der Waals surface area contributed by atoms with Gasteiger partial charge in [0.1, 0.15) is 5.54 Å². The third kappa shape index (κ3) is 4.65. The molecule has 0 unspecified atom stereocenters. The largest absolute Gasteiger partial charge is 0.343 e. The summed E-state index contributed by atoms with van der Waals surface area (Å²) in [7, 11) is 0. The van der Waals surface area contributed by atoms with Crippen LogP contribution >= 0.6 is 0 Å². The van der Waals surface area contributed by atoms with Gasteiger partial charge in [0.25, 0.3) is 5.91 Å². The number of imide groups is 1. The average Bonchev–Trinajstić information content (AvgIpc) is 2.98. The summed E-state index contributed by atoms with van der Waals surface area (Å²) in [5.41, 5.74) is -0.184. The van der Waals surface area contributed by atoms with Crippen molar-refractivity contribution in [2.75, 3.05) is 13.1 Å². The number of piperidine rings is 1. The quantitative estimate of drug-likeness (QED) is 0.662. The minimum absolute atomic E-state index is 0.0344. The van der Waals surface area contributed by atoms with Crippen molar-refractivity contribution in [1.29, 1.82) is 0 Å². The number of carbonyl (C=O) groups excluding carboxylic acids is 3. The molecule has 2 aliphatic heterocycles. The zero-order valence-corrected chi connectivity index (χ0v) is 18.4. The lowest BCUT2D eigenvalue weighted by Gasteiger charge is -2.41. The first-order chi connectivity index (χ1) is 14.4. The highest BCUT2D eigenvalue weighted by Gasteiger charge is 2.55. The Labute approximate surface area is 179 Å². The second kappa shape index (κ2) is 9.58. The van der Waals surface area contributed by atoms with Gasteiger partial charge in [-0.3, -0.25) is 19.5 Å². The Bertz CT molecular complexity index is 759. The molecule has 3 heterocycles. The van der Waals surface area contributed by atoms with Crippen molar-refractivity contribution in [2.24, 2.45) is 11.8 Å². The van der Waals surface area contributed by atoms with E-state index in [1.165, 1.54) is 4.90 Å². The van der Waals surface area contributed by atoms with Crippen LogP contribution in [-0.2, 0) is 16.1 Å². The summed E-state index contributed by atoms with van der Waals surface area (Å²) >= 11 is 0. The summed E-state index contributed by atoms with van der Waals surface area (Å²) in [5.74, 6) is 0.512. The van der Waals surface area contributed by atoms with Crippen LogP contribution in [0.4, 0.5) is 4.79 Å². The van der Waals surface area contributed by atoms with Gasteiger partial charge in [0.05, 0.1) is 12.2 Å². The van der Waals surface area contributed by atoms with Crippen LogP contribution in [0.2, 0.25) is 0 Å². The van der Waals surface area contributed by atoms with Gasteiger partial charge in [-0.15, -0.1) is 0 Å². The maximum atomic E-state index is 13.6. The van der Waals surface area contributed by atoms with Crippen molar-refractivity contribution >= 4 is 17.8 Å². The predicted molar refractivity (Wildman–Crippen MR) is 114 cm³/mol. The van der Waals surface area contributed by atoms with Crippen LogP contribution in [0.1, 0.15) is 65.0 Å². The normalized spacial score (nSPS) is 22.7. The van der Waals surface area contributed by atoms with Gasteiger partial charge in [-0.2, -0.15) is 0 Å². The number of rotatable bonds is 8. The van der Waals surface area contributed by atoms with E-state index in [0.717, 1.165) is 25.7 Å². The number of aromatic nitrogens is 1. The number of hydrogen-bond donors (Lipinski definition) is 1. The molecule has 7 heteroatoms. The van der Waals surface area contributed by atoms with E-state index in [-0.39, 0.29) is 30.3 Å². The lowest BCUT2D eigenvalue weighted by Crippen LogP contribution is -2.56. The zero-order valence-electron chi connectivity index (χ0n) is 18.4. The molecular formula is C23H34N4O3. The highest BCUT2D eigenvalue weighted by atomic mass is 16.2. The maximum absolute atomic E-state index is 13.6. The van der Waals surface area contributed by atoms with E-state index in [1.54, 1.807) is 6.20 Å². The summed E-state index contributed by atoms with van der Waals surface area (Å²) < 4.78 is 0. The molecule has 0 saturated carbocycles. The molecule has 3 rings (SSSR count). The molecule has 2 fully saturated rings. The van der Waals surface area contributed by atoms with E-state index in [1.807, 2.05) is 30.0 Å². The summed E-state index contributed by atoms with van der Waals surface area (Å²) in [6.07, 6.45) is 6.03.